The van der Waals surface area contributed by atoms with Gasteiger partial charge in [0.15, 0.2) is 0 Å². The first-order valence-electron chi connectivity index (χ1n) is 24.2. The van der Waals surface area contributed by atoms with E-state index < -0.39 is 0 Å². The molecule has 0 aliphatic heterocycles. The molecule has 0 amide bonds. The molecule has 72 heavy (non-hydrogen) atoms. The Hall–Kier alpha value is -10.0. The van der Waals surface area contributed by atoms with Gasteiger partial charge in [-0.15, -0.1) is 0 Å². The van der Waals surface area contributed by atoms with Gasteiger partial charge in [0.05, 0.1) is 56.7 Å². The molecule has 334 valence electrons. The smallest absolute Gasteiger partial charge is 0.0991 e. The molecule has 2 heterocycles. The lowest BCUT2D eigenvalue weighted by Gasteiger charge is -2.24. The van der Waals surface area contributed by atoms with Gasteiger partial charge in [-0.3, -0.25) is 0 Å². The van der Waals surface area contributed by atoms with Gasteiger partial charge in [-0.05, 0) is 104 Å². The third-order valence-corrected chi connectivity index (χ3v) is 14.2. The molecular weight excluding hydrogens is 873 g/mol. The minimum Gasteiger partial charge on any atom is -0.307 e. The predicted molar refractivity (Wildman–Crippen MR) is 297 cm³/mol. The summed E-state index contributed by atoms with van der Waals surface area (Å²) < 4.78 is 5.00. The number of benzene rings is 11. The lowest BCUT2D eigenvalue weighted by Crippen LogP contribution is -2.08. The summed E-state index contributed by atoms with van der Waals surface area (Å²) in [6, 6.07) is 95.1. The highest BCUT2D eigenvalue weighted by molar-refractivity contribution is 6.15. The van der Waals surface area contributed by atoms with E-state index in [0.29, 0.717) is 11.1 Å². The van der Waals surface area contributed by atoms with Gasteiger partial charge >= 0.3 is 0 Å². The molecule has 0 saturated heterocycles. The summed E-state index contributed by atoms with van der Waals surface area (Å²) in [5, 5.41) is 24.7. The second-order valence-electron chi connectivity index (χ2n) is 18.3. The van der Waals surface area contributed by atoms with E-state index >= 15 is 0 Å². The van der Waals surface area contributed by atoms with Gasteiger partial charge in [0.25, 0.3) is 0 Å². The number of fused-ring (bicyclic) bond motifs is 6. The molecule has 0 unspecified atom stereocenters. The number of rotatable bonds is 8. The summed E-state index contributed by atoms with van der Waals surface area (Å²) in [4.78, 5) is 0. The van der Waals surface area contributed by atoms with Crippen molar-refractivity contribution in [1.82, 2.24) is 9.13 Å². The van der Waals surface area contributed by atoms with Crippen molar-refractivity contribution in [2.45, 2.75) is 0 Å². The zero-order valence-corrected chi connectivity index (χ0v) is 39.0. The molecule has 0 N–H and O–H groups in total. The SMILES string of the molecule is N#Cc1ccc(-c2ccc(-c3ccc(C#N)cc3)c(-n3c4cc(-c5ccccc5)ccc4c4ccc(-c5ccccc5)cc43)c2-n2c3cc(-c4ccccc4)ccc3c3ccc(-c4ccccc4)cc32)cc1. The van der Waals surface area contributed by atoms with Crippen LogP contribution < -0.4 is 0 Å². The molecule has 0 aliphatic carbocycles. The molecule has 11 aromatic carbocycles. The van der Waals surface area contributed by atoms with E-state index in [0.717, 1.165) is 122 Å². The molecule has 13 rings (SSSR count). The van der Waals surface area contributed by atoms with E-state index in [1.54, 1.807) is 0 Å². The van der Waals surface area contributed by atoms with Crippen LogP contribution in [0.25, 0.3) is 122 Å². The average molecular weight is 915 g/mol. The van der Waals surface area contributed by atoms with Gasteiger partial charge in [-0.25, -0.2) is 0 Å². The first-order valence-corrected chi connectivity index (χ1v) is 24.2. The van der Waals surface area contributed by atoms with Crippen molar-refractivity contribution in [3.63, 3.8) is 0 Å². The van der Waals surface area contributed by atoms with E-state index in [1.807, 2.05) is 24.3 Å². The third kappa shape index (κ3) is 7.14. The Morgan fingerprint density at radius 2 is 0.486 bits per heavy atom. The zero-order valence-electron chi connectivity index (χ0n) is 39.0. The monoisotopic (exact) mass is 914 g/mol. The topological polar surface area (TPSA) is 57.4 Å². The molecule has 4 nitrogen and oxygen atoms in total. The van der Waals surface area contributed by atoms with Crippen LogP contribution in [-0.4, -0.2) is 9.13 Å². The average Bonchev–Trinajstić information content (AvgIpc) is 3.96. The van der Waals surface area contributed by atoms with Crippen molar-refractivity contribution in [3.8, 4) is 90.3 Å². The first kappa shape index (κ1) is 42.1. The lowest BCUT2D eigenvalue weighted by atomic mass is 9.94. The van der Waals surface area contributed by atoms with E-state index in [1.165, 1.54) is 0 Å². The molecule has 0 spiro atoms. The van der Waals surface area contributed by atoms with E-state index in [-0.39, 0.29) is 0 Å². The van der Waals surface area contributed by atoms with Gasteiger partial charge in [0, 0.05) is 32.7 Å². The molecule has 0 radical (unpaired) electrons. The van der Waals surface area contributed by atoms with Crippen LogP contribution in [0.2, 0.25) is 0 Å². The highest BCUT2D eigenvalue weighted by Crippen LogP contribution is 2.48. The van der Waals surface area contributed by atoms with Gasteiger partial charge in [0.2, 0.25) is 0 Å². The molecular formula is C68H42N4. The van der Waals surface area contributed by atoms with E-state index in [4.69, 9.17) is 0 Å². The standard InChI is InChI=1S/C68H42N4/c69-43-45-21-25-51(26-22-45)57-37-38-58(52-27-23-46(44-70)24-28-52)68(72-65-41-55(49-17-9-3-10-18-49)31-35-61(65)62-36-32-56(42-66(62)72)50-19-11-4-12-20-50)67(57)71-63-39-53(47-13-5-1-6-14-47)29-33-59(63)60-34-30-54(40-64(60)71)48-15-7-2-8-16-48/h1-42H. The fourth-order valence-electron chi connectivity index (χ4n) is 10.7. The summed E-state index contributed by atoms with van der Waals surface area (Å²) >= 11 is 0. The van der Waals surface area contributed by atoms with Crippen LogP contribution in [0.4, 0.5) is 0 Å². The molecule has 0 fully saturated rings. The van der Waals surface area contributed by atoms with Gasteiger partial charge in [-0.1, -0.05) is 206 Å². The molecule has 0 bridgehead atoms. The lowest BCUT2D eigenvalue weighted by molar-refractivity contribution is 1.10. The minimum atomic E-state index is 0.593. The van der Waals surface area contributed by atoms with Gasteiger partial charge < -0.3 is 9.13 Å². The van der Waals surface area contributed by atoms with Crippen molar-refractivity contribution in [1.29, 1.82) is 10.5 Å². The Kier molecular flexibility index (Phi) is 10.2. The summed E-state index contributed by atoms with van der Waals surface area (Å²) in [6.45, 7) is 0. The van der Waals surface area contributed by atoms with Crippen LogP contribution in [0, 0.1) is 22.7 Å². The zero-order chi connectivity index (χ0) is 48.1. The molecule has 13 aromatic rings. The predicted octanol–water partition coefficient (Wildman–Crippen LogP) is 17.6. The van der Waals surface area contributed by atoms with Gasteiger partial charge in [0.1, 0.15) is 0 Å². The van der Waals surface area contributed by atoms with E-state index in [2.05, 4.69) is 252 Å². The van der Waals surface area contributed by atoms with E-state index in [9.17, 15) is 10.5 Å². The maximum Gasteiger partial charge on any atom is 0.0991 e. The first-order chi connectivity index (χ1) is 35.6. The van der Waals surface area contributed by atoms with Gasteiger partial charge in [-0.2, -0.15) is 10.5 Å². The van der Waals surface area contributed by atoms with Crippen molar-refractivity contribution in [2.75, 3.05) is 0 Å². The highest BCUT2D eigenvalue weighted by Gasteiger charge is 2.27. The Morgan fingerprint density at radius 1 is 0.236 bits per heavy atom. The molecule has 0 aliphatic rings. The number of hydrogen-bond donors (Lipinski definition) is 0. The second-order valence-corrected chi connectivity index (χ2v) is 18.3. The second kappa shape index (κ2) is 17.5. The molecule has 2 aromatic heterocycles. The molecule has 0 saturated carbocycles. The van der Waals surface area contributed by atoms with Crippen LogP contribution >= 0.6 is 0 Å². The quantitative estimate of drug-likeness (QED) is 0.152. The molecule has 4 heteroatoms. The Balaban J connectivity index is 1.26. The number of nitriles is 2. The highest BCUT2D eigenvalue weighted by atomic mass is 15.1. The number of hydrogen-bond acceptors (Lipinski definition) is 2. The minimum absolute atomic E-state index is 0.593. The summed E-state index contributed by atoms with van der Waals surface area (Å²) in [6.07, 6.45) is 0. The molecule has 0 atom stereocenters. The summed E-state index contributed by atoms with van der Waals surface area (Å²) in [5.74, 6) is 0. The maximum atomic E-state index is 10.1. The maximum absolute atomic E-state index is 10.1. The van der Waals surface area contributed by atoms with Crippen LogP contribution in [0.1, 0.15) is 11.1 Å². The number of nitrogens with zero attached hydrogens (tertiary/aromatic N) is 4. The Morgan fingerprint density at radius 3 is 0.736 bits per heavy atom. The summed E-state index contributed by atoms with van der Waals surface area (Å²) in [5.41, 5.74) is 20.3. The van der Waals surface area contributed by atoms with Crippen molar-refractivity contribution >= 4 is 43.6 Å². The Bertz CT molecular complexity index is 3810. The third-order valence-electron chi connectivity index (χ3n) is 14.2. The Labute approximate surface area is 417 Å². The fourth-order valence-corrected chi connectivity index (χ4v) is 10.7. The van der Waals surface area contributed by atoms with Crippen LogP contribution in [0.15, 0.2) is 255 Å². The number of aromatic nitrogens is 2. The van der Waals surface area contributed by atoms with Crippen LogP contribution in [-0.2, 0) is 0 Å². The fraction of sp³-hybridized carbons (Fsp3) is 0. The van der Waals surface area contributed by atoms with Crippen LogP contribution in [0.3, 0.4) is 0 Å². The van der Waals surface area contributed by atoms with Crippen LogP contribution in [0.5, 0.6) is 0 Å². The van der Waals surface area contributed by atoms with Crippen molar-refractivity contribution in [2.24, 2.45) is 0 Å². The normalized spacial score (nSPS) is 11.3. The summed E-state index contributed by atoms with van der Waals surface area (Å²) in [7, 11) is 0. The van der Waals surface area contributed by atoms with Crippen molar-refractivity contribution < 1.29 is 0 Å². The largest absolute Gasteiger partial charge is 0.307 e. The van der Waals surface area contributed by atoms with Crippen molar-refractivity contribution in [3.05, 3.63) is 266 Å².